The number of halogens is 1. The van der Waals surface area contributed by atoms with E-state index in [2.05, 4.69) is 0 Å². The minimum absolute atomic E-state index is 0.110. The number of methoxy groups -OCH3 is 1. The predicted molar refractivity (Wildman–Crippen MR) is 92.8 cm³/mol. The standard InChI is InChI=1S/C20H22FNO3/c1-13-18(20(24)25-2)17(12-14-7-6-8-15(21)11-14)19(23)22(13)16-9-4-3-5-10-16/h6-8,11-12,16H,3-5,9-10H2,1-2H3/b17-12-. The monoisotopic (exact) mass is 343 g/mol. The number of carbonyl (C=O) groups is 2. The van der Waals surface area contributed by atoms with Crippen LogP contribution in [0.5, 0.6) is 0 Å². The zero-order valence-electron chi connectivity index (χ0n) is 14.5. The van der Waals surface area contributed by atoms with E-state index in [4.69, 9.17) is 4.74 Å². The topological polar surface area (TPSA) is 46.6 Å². The molecule has 0 N–H and O–H groups in total. The molecule has 1 aliphatic carbocycles. The Balaban J connectivity index is 2.04. The highest BCUT2D eigenvalue weighted by Crippen LogP contribution is 2.36. The van der Waals surface area contributed by atoms with Crippen LogP contribution in [0.4, 0.5) is 4.39 Å². The van der Waals surface area contributed by atoms with Crippen LogP contribution >= 0.6 is 0 Å². The third kappa shape index (κ3) is 3.36. The second-order valence-corrected chi connectivity index (χ2v) is 6.53. The van der Waals surface area contributed by atoms with Crippen molar-refractivity contribution in [1.82, 2.24) is 4.90 Å². The second-order valence-electron chi connectivity index (χ2n) is 6.53. The lowest BCUT2D eigenvalue weighted by molar-refractivity contribution is -0.136. The lowest BCUT2D eigenvalue weighted by Crippen LogP contribution is -2.37. The van der Waals surface area contributed by atoms with Crippen LogP contribution in [0.2, 0.25) is 0 Å². The number of allylic oxidation sites excluding steroid dienone is 1. The van der Waals surface area contributed by atoms with Gasteiger partial charge in [-0.05, 0) is 43.5 Å². The van der Waals surface area contributed by atoms with Gasteiger partial charge in [0.1, 0.15) is 5.82 Å². The molecule has 1 fully saturated rings. The van der Waals surface area contributed by atoms with E-state index in [0.717, 1.165) is 25.7 Å². The van der Waals surface area contributed by atoms with Crippen molar-refractivity contribution < 1.29 is 18.7 Å². The van der Waals surface area contributed by atoms with Crippen molar-refractivity contribution in [2.24, 2.45) is 0 Å². The summed E-state index contributed by atoms with van der Waals surface area (Å²) in [5.41, 5.74) is 1.73. The van der Waals surface area contributed by atoms with Crippen LogP contribution < -0.4 is 0 Å². The van der Waals surface area contributed by atoms with Crippen LogP contribution in [0.15, 0.2) is 41.1 Å². The van der Waals surface area contributed by atoms with Gasteiger partial charge in [-0.3, -0.25) is 4.79 Å². The molecule has 1 aromatic rings. The number of hydrogen-bond donors (Lipinski definition) is 0. The van der Waals surface area contributed by atoms with Crippen LogP contribution in [0.3, 0.4) is 0 Å². The Morgan fingerprint density at radius 1 is 1.28 bits per heavy atom. The largest absolute Gasteiger partial charge is 0.465 e. The first-order chi connectivity index (χ1) is 12.0. The molecule has 1 aliphatic heterocycles. The molecule has 1 amide bonds. The number of benzene rings is 1. The van der Waals surface area contributed by atoms with Gasteiger partial charge in [0.15, 0.2) is 0 Å². The summed E-state index contributed by atoms with van der Waals surface area (Å²) in [4.78, 5) is 27.1. The Kier molecular flexibility index (Phi) is 5.02. The first-order valence-corrected chi connectivity index (χ1v) is 8.63. The van der Waals surface area contributed by atoms with Crippen LogP contribution in [0.1, 0.15) is 44.6 Å². The number of rotatable bonds is 3. The predicted octanol–water partition coefficient (Wildman–Crippen LogP) is 3.83. The van der Waals surface area contributed by atoms with Crippen molar-refractivity contribution in [3.8, 4) is 0 Å². The average Bonchev–Trinajstić information content (AvgIpc) is 2.85. The normalized spacial score (nSPS) is 20.5. The smallest absolute Gasteiger partial charge is 0.340 e. The second kappa shape index (κ2) is 7.21. The molecular formula is C20H22FNO3. The fourth-order valence-electron chi connectivity index (χ4n) is 3.74. The molecule has 1 heterocycles. The van der Waals surface area contributed by atoms with Crippen molar-refractivity contribution in [3.63, 3.8) is 0 Å². The molecule has 0 saturated heterocycles. The molecule has 0 unspecified atom stereocenters. The molecule has 132 valence electrons. The van der Waals surface area contributed by atoms with Crippen molar-refractivity contribution in [3.05, 3.63) is 52.5 Å². The number of carbonyl (C=O) groups excluding carboxylic acids is 2. The molecule has 25 heavy (non-hydrogen) atoms. The van der Waals surface area contributed by atoms with Crippen LogP contribution in [0, 0.1) is 5.82 Å². The highest BCUT2D eigenvalue weighted by Gasteiger charge is 2.40. The number of esters is 1. The van der Waals surface area contributed by atoms with Gasteiger partial charge >= 0.3 is 5.97 Å². The lowest BCUT2D eigenvalue weighted by Gasteiger charge is -2.32. The third-order valence-electron chi connectivity index (χ3n) is 4.93. The third-order valence-corrected chi connectivity index (χ3v) is 4.93. The molecule has 2 aliphatic rings. The van der Waals surface area contributed by atoms with Gasteiger partial charge in [-0.15, -0.1) is 0 Å². The molecule has 0 radical (unpaired) electrons. The van der Waals surface area contributed by atoms with Gasteiger partial charge < -0.3 is 9.64 Å². The maximum absolute atomic E-state index is 13.5. The van der Waals surface area contributed by atoms with Crippen molar-refractivity contribution in [2.75, 3.05) is 7.11 Å². The highest BCUT2D eigenvalue weighted by molar-refractivity contribution is 6.16. The minimum Gasteiger partial charge on any atom is -0.465 e. The molecule has 1 aromatic carbocycles. The van der Waals surface area contributed by atoms with Crippen LogP contribution in [-0.2, 0) is 14.3 Å². The molecule has 0 atom stereocenters. The molecule has 5 heteroatoms. The summed E-state index contributed by atoms with van der Waals surface area (Å²) in [7, 11) is 1.30. The van der Waals surface area contributed by atoms with E-state index in [1.54, 1.807) is 30.0 Å². The molecule has 0 spiro atoms. The van der Waals surface area contributed by atoms with Crippen LogP contribution in [0.25, 0.3) is 6.08 Å². The molecule has 1 saturated carbocycles. The van der Waals surface area contributed by atoms with Gasteiger partial charge in [0.05, 0.1) is 18.3 Å². The number of nitrogens with zero attached hydrogens (tertiary/aromatic N) is 1. The van der Waals surface area contributed by atoms with E-state index >= 15 is 0 Å². The summed E-state index contributed by atoms with van der Waals surface area (Å²) in [6.07, 6.45) is 6.78. The van der Waals surface area contributed by atoms with E-state index in [0.29, 0.717) is 11.3 Å². The molecular weight excluding hydrogens is 321 g/mol. The van der Waals surface area contributed by atoms with Crippen molar-refractivity contribution in [1.29, 1.82) is 0 Å². The van der Waals surface area contributed by atoms with Gasteiger partial charge in [-0.25, -0.2) is 9.18 Å². The first-order valence-electron chi connectivity index (χ1n) is 8.63. The maximum atomic E-state index is 13.5. The molecule has 4 nitrogen and oxygen atoms in total. The first kappa shape index (κ1) is 17.4. The number of amides is 1. The van der Waals surface area contributed by atoms with Gasteiger partial charge in [0, 0.05) is 11.7 Å². The SMILES string of the molecule is COC(=O)C1=C(C)N(C2CCCCC2)C(=O)/C1=C\c1cccc(F)c1. The summed E-state index contributed by atoms with van der Waals surface area (Å²) >= 11 is 0. The Labute approximate surface area is 147 Å². The van der Waals surface area contributed by atoms with Gasteiger partial charge in [0.25, 0.3) is 5.91 Å². The number of ether oxygens (including phenoxy) is 1. The molecule has 0 aromatic heterocycles. The van der Waals surface area contributed by atoms with Gasteiger partial charge in [-0.1, -0.05) is 31.4 Å². The number of hydrogen-bond acceptors (Lipinski definition) is 3. The fraction of sp³-hybridized carbons (Fsp3) is 0.400. The van der Waals surface area contributed by atoms with Crippen LogP contribution in [-0.4, -0.2) is 29.9 Å². The van der Waals surface area contributed by atoms with E-state index in [1.807, 2.05) is 0 Å². The molecule has 3 rings (SSSR count). The van der Waals surface area contributed by atoms with Gasteiger partial charge in [0.2, 0.25) is 0 Å². The highest BCUT2D eigenvalue weighted by atomic mass is 19.1. The Bertz CT molecular complexity index is 760. The van der Waals surface area contributed by atoms with Gasteiger partial charge in [-0.2, -0.15) is 0 Å². The Morgan fingerprint density at radius 2 is 2.00 bits per heavy atom. The minimum atomic E-state index is -0.535. The maximum Gasteiger partial charge on any atom is 0.340 e. The van der Waals surface area contributed by atoms with E-state index in [1.165, 1.54) is 25.7 Å². The lowest BCUT2D eigenvalue weighted by atomic mass is 9.94. The average molecular weight is 343 g/mol. The summed E-state index contributed by atoms with van der Waals surface area (Å²) in [6.45, 7) is 1.78. The van der Waals surface area contributed by atoms with Crippen molar-refractivity contribution >= 4 is 18.0 Å². The summed E-state index contributed by atoms with van der Waals surface area (Å²) in [5, 5.41) is 0. The Morgan fingerprint density at radius 3 is 2.64 bits per heavy atom. The van der Waals surface area contributed by atoms with E-state index in [-0.39, 0.29) is 28.9 Å². The quantitative estimate of drug-likeness (QED) is 0.619. The molecule has 0 bridgehead atoms. The summed E-state index contributed by atoms with van der Waals surface area (Å²) in [6, 6.07) is 6.08. The Hall–Kier alpha value is -2.43. The van der Waals surface area contributed by atoms with Crippen molar-refractivity contribution in [2.45, 2.75) is 45.1 Å². The zero-order chi connectivity index (χ0) is 18.0. The summed E-state index contributed by atoms with van der Waals surface area (Å²) < 4.78 is 18.4. The van der Waals surface area contributed by atoms with E-state index in [9.17, 15) is 14.0 Å². The fourth-order valence-corrected chi connectivity index (χ4v) is 3.74. The van der Waals surface area contributed by atoms with E-state index < -0.39 is 5.97 Å². The zero-order valence-corrected chi connectivity index (χ0v) is 14.5. The summed E-state index contributed by atoms with van der Waals surface area (Å²) in [5.74, 6) is -1.12.